The van der Waals surface area contributed by atoms with E-state index in [0.717, 1.165) is 38.0 Å². The molecule has 158 valence electrons. The van der Waals surface area contributed by atoms with Gasteiger partial charge in [0.25, 0.3) is 0 Å². The van der Waals surface area contributed by atoms with Gasteiger partial charge in [0.1, 0.15) is 12.4 Å². The number of hydrogen-bond acceptors (Lipinski definition) is 4. The zero-order valence-corrected chi connectivity index (χ0v) is 17.5. The number of methoxy groups -OCH3 is 1. The average Bonchev–Trinajstić information content (AvgIpc) is 2.75. The molecule has 1 aromatic carbocycles. The minimum Gasteiger partial charge on any atom is -0.497 e. The number of ether oxygens (including phenoxy) is 2. The maximum absolute atomic E-state index is 12.9. The predicted octanol–water partition coefficient (Wildman–Crippen LogP) is 2.50. The molecule has 4 atom stereocenters. The van der Waals surface area contributed by atoms with E-state index in [1.807, 2.05) is 24.0 Å². The second-order valence-electron chi connectivity index (χ2n) is 8.58. The van der Waals surface area contributed by atoms with Gasteiger partial charge in [0.15, 0.2) is 0 Å². The fraction of sp³-hybridized carbons (Fsp3) is 0.652. The van der Waals surface area contributed by atoms with E-state index < -0.39 is 0 Å². The highest BCUT2D eigenvalue weighted by Gasteiger charge is 2.49. The monoisotopic (exact) mass is 400 g/mol. The third kappa shape index (κ3) is 4.13. The molecule has 2 amide bonds. The van der Waals surface area contributed by atoms with Crippen LogP contribution < -0.4 is 4.74 Å². The Hall–Kier alpha value is -2.08. The number of benzene rings is 1. The minimum atomic E-state index is 0.0808. The molecule has 3 fully saturated rings. The Morgan fingerprint density at radius 3 is 2.86 bits per heavy atom. The highest BCUT2D eigenvalue weighted by Crippen LogP contribution is 2.42. The van der Waals surface area contributed by atoms with Gasteiger partial charge in [-0.3, -0.25) is 9.59 Å². The quantitative estimate of drug-likeness (QED) is 0.736. The van der Waals surface area contributed by atoms with Gasteiger partial charge in [-0.2, -0.15) is 0 Å². The molecule has 4 rings (SSSR count). The molecule has 0 N–H and O–H groups in total. The summed E-state index contributed by atoms with van der Waals surface area (Å²) in [6, 6.07) is 8.53. The van der Waals surface area contributed by atoms with Gasteiger partial charge in [0, 0.05) is 38.2 Å². The summed E-state index contributed by atoms with van der Waals surface area (Å²) in [4.78, 5) is 29.8. The van der Waals surface area contributed by atoms with Crippen molar-refractivity contribution in [2.75, 3.05) is 33.4 Å². The van der Waals surface area contributed by atoms with Crippen molar-refractivity contribution in [2.45, 2.75) is 51.1 Å². The third-order valence-corrected chi connectivity index (χ3v) is 6.86. The molecule has 3 saturated heterocycles. The molecule has 0 spiro atoms. The molecule has 6 nitrogen and oxygen atoms in total. The van der Waals surface area contributed by atoms with E-state index in [1.54, 1.807) is 7.11 Å². The summed E-state index contributed by atoms with van der Waals surface area (Å²) < 4.78 is 10.8. The molecular formula is C23H32N2O4. The number of rotatable bonds is 6. The van der Waals surface area contributed by atoms with Crippen LogP contribution in [0.25, 0.3) is 0 Å². The lowest BCUT2D eigenvalue weighted by Crippen LogP contribution is -2.66. The van der Waals surface area contributed by atoms with Crippen molar-refractivity contribution < 1.29 is 19.1 Å². The van der Waals surface area contributed by atoms with Crippen molar-refractivity contribution in [3.63, 3.8) is 0 Å². The highest BCUT2D eigenvalue weighted by atomic mass is 16.5. The average molecular weight is 401 g/mol. The summed E-state index contributed by atoms with van der Waals surface area (Å²) in [5, 5.41) is 0. The van der Waals surface area contributed by atoms with Crippen molar-refractivity contribution in [3.05, 3.63) is 29.8 Å². The predicted molar refractivity (Wildman–Crippen MR) is 110 cm³/mol. The van der Waals surface area contributed by atoms with Gasteiger partial charge in [-0.1, -0.05) is 12.1 Å². The van der Waals surface area contributed by atoms with E-state index in [-0.39, 0.29) is 30.5 Å². The molecule has 0 unspecified atom stereocenters. The molecule has 1 aromatic rings. The number of carbonyl (C=O) groups excluding carboxylic acids is 2. The summed E-state index contributed by atoms with van der Waals surface area (Å²) in [6.07, 6.45) is 4.56. The van der Waals surface area contributed by atoms with Crippen LogP contribution in [0.5, 0.6) is 5.75 Å². The third-order valence-electron chi connectivity index (χ3n) is 6.86. The lowest BCUT2D eigenvalue weighted by atomic mass is 9.70. The van der Waals surface area contributed by atoms with Crippen LogP contribution in [0, 0.1) is 11.8 Å². The number of likely N-dealkylation sites (tertiary alicyclic amines) is 1. The van der Waals surface area contributed by atoms with Gasteiger partial charge in [-0.25, -0.2) is 0 Å². The van der Waals surface area contributed by atoms with Crippen molar-refractivity contribution in [2.24, 2.45) is 11.8 Å². The van der Waals surface area contributed by atoms with Gasteiger partial charge in [-0.05, 0) is 62.1 Å². The van der Waals surface area contributed by atoms with E-state index in [9.17, 15) is 9.59 Å². The van der Waals surface area contributed by atoms with E-state index >= 15 is 0 Å². The topological polar surface area (TPSA) is 59.1 Å². The highest BCUT2D eigenvalue weighted by molar-refractivity contribution is 5.79. The second kappa shape index (κ2) is 8.74. The molecule has 0 radical (unpaired) electrons. The summed E-state index contributed by atoms with van der Waals surface area (Å²) in [6.45, 7) is 4.09. The summed E-state index contributed by atoms with van der Waals surface area (Å²) in [7, 11) is 1.68. The number of nitrogens with zero attached hydrogens (tertiary/aromatic N) is 2. The molecule has 6 heteroatoms. The molecular weight excluding hydrogens is 368 g/mol. The number of piperidine rings is 3. The smallest absolute Gasteiger partial charge is 0.248 e. The number of carbonyl (C=O) groups is 2. The van der Waals surface area contributed by atoms with Crippen LogP contribution in [-0.2, 0) is 20.7 Å². The van der Waals surface area contributed by atoms with E-state index in [2.05, 4.69) is 17.0 Å². The Bertz CT molecular complexity index is 752. The second-order valence-corrected chi connectivity index (χ2v) is 8.58. The molecule has 0 aromatic heterocycles. The first kappa shape index (κ1) is 20.2. The Labute approximate surface area is 173 Å². The van der Waals surface area contributed by atoms with Crippen LogP contribution in [0.4, 0.5) is 0 Å². The van der Waals surface area contributed by atoms with E-state index in [4.69, 9.17) is 9.47 Å². The molecule has 3 heterocycles. The van der Waals surface area contributed by atoms with Gasteiger partial charge in [0.05, 0.1) is 7.11 Å². The maximum Gasteiger partial charge on any atom is 0.248 e. The van der Waals surface area contributed by atoms with Crippen molar-refractivity contribution in [1.82, 2.24) is 9.80 Å². The molecule has 2 bridgehead atoms. The van der Waals surface area contributed by atoms with Crippen LogP contribution >= 0.6 is 0 Å². The van der Waals surface area contributed by atoms with Gasteiger partial charge in [-0.15, -0.1) is 0 Å². The Kier molecular flexibility index (Phi) is 6.09. The van der Waals surface area contributed by atoms with E-state index in [1.165, 1.54) is 5.56 Å². The SMILES string of the molecule is CCOCC(=O)N1C[C@H]2C[C@@H](C1)[C@H](Cc1cccc(OC)c1)N1C(=O)CCC[C@@H]21. The van der Waals surface area contributed by atoms with Crippen molar-refractivity contribution in [1.29, 1.82) is 0 Å². The Morgan fingerprint density at radius 1 is 1.24 bits per heavy atom. The summed E-state index contributed by atoms with van der Waals surface area (Å²) in [5.41, 5.74) is 1.18. The fourth-order valence-electron chi connectivity index (χ4n) is 5.56. The van der Waals surface area contributed by atoms with Gasteiger partial charge < -0.3 is 19.3 Å². The van der Waals surface area contributed by atoms with Crippen LogP contribution in [0.1, 0.15) is 38.2 Å². The van der Waals surface area contributed by atoms with E-state index in [0.29, 0.717) is 31.4 Å². The molecule has 29 heavy (non-hydrogen) atoms. The first-order valence-corrected chi connectivity index (χ1v) is 10.9. The number of hydrogen-bond donors (Lipinski definition) is 0. The van der Waals surface area contributed by atoms with Crippen molar-refractivity contribution >= 4 is 11.8 Å². The molecule has 0 saturated carbocycles. The summed E-state index contributed by atoms with van der Waals surface area (Å²) >= 11 is 0. The van der Waals surface area contributed by atoms with Crippen LogP contribution in [0.2, 0.25) is 0 Å². The largest absolute Gasteiger partial charge is 0.497 e. The molecule has 0 aliphatic carbocycles. The number of fused-ring (bicyclic) bond motifs is 4. The fourth-order valence-corrected chi connectivity index (χ4v) is 5.56. The Morgan fingerprint density at radius 2 is 2.07 bits per heavy atom. The van der Waals surface area contributed by atoms with Crippen LogP contribution in [0.15, 0.2) is 24.3 Å². The lowest BCUT2D eigenvalue weighted by Gasteiger charge is -2.56. The zero-order valence-electron chi connectivity index (χ0n) is 17.5. The van der Waals surface area contributed by atoms with Gasteiger partial charge in [0.2, 0.25) is 11.8 Å². The first-order valence-electron chi connectivity index (χ1n) is 10.9. The maximum atomic E-state index is 12.9. The minimum absolute atomic E-state index is 0.0808. The van der Waals surface area contributed by atoms with Crippen LogP contribution in [-0.4, -0.2) is 67.1 Å². The summed E-state index contributed by atoms with van der Waals surface area (Å²) in [5.74, 6) is 1.90. The first-order chi connectivity index (χ1) is 14.1. The molecule has 3 aliphatic rings. The van der Waals surface area contributed by atoms with Crippen LogP contribution in [0.3, 0.4) is 0 Å². The Balaban J connectivity index is 1.59. The van der Waals surface area contributed by atoms with Gasteiger partial charge >= 0.3 is 0 Å². The standard InChI is InChI=1S/C23H32N2O4/c1-3-29-15-23(27)24-13-17-12-18(14-24)21(25-20(17)8-5-9-22(25)26)11-16-6-4-7-19(10-16)28-2/h4,6-7,10,17-18,20-21H,3,5,8-9,11-15H2,1-2H3/t17-,18+,20+,21+/m1/s1. The van der Waals surface area contributed by atoms with Crippen molar-refractivity contribution in [3.8, 4) is 5.75 Å². The zero-order chi connectivity index (χ0) is 20.4. The normalized spacial score (nSPS) is 28.8. The number of amides is 2. The molecule has 3 aliphatic heterocycles. The lowest BCUT2D eigenvalue weighted by molar-refractivity contribution is -0.157.